The molecule has 2 rings (SSSR count). The highest BCUT2D eigenvalue weighted by molar-refractivity contribution is 8.00. The van der Waals surface area contributed by atoms with E-state index in [-0.39, 0.29) is 23.3 Å². The van der Waals surface area contributed by atoms with Crippen LogP contribution in [0.2, 0.25) is 0 Å². The number of hydrogen-bond acceptors (Lipinski definition) is 5. The molecule has 0 bridgehead atoms. The van der Waals surface area contributed by atoms with Crippen molar-refractivity contribution in [1.29, 1.82) is 0 Å². The molecule has 1 aliphatic heterocycles. The van der Waals surface area contributed by atoms with E-state index in [4.69, 9.17) is 0 Å². The number of hydrogen-bond donors (Lipinski definition) is 2. The molecule has 9 heteroatoms. The first-order valence-electron chi connectivity index (χ1n) is 7.36. The lowest BCUT2D eigenvalue weighted by atomic mass is 10.1. The summed E-state index contributed by atoms with van der Waals surface area (Å²) < 4.78 is 27.2. The number of nitrogens with one attached hydrogen (secondary N) is 2. The highest BCUT2D eigenvalue weighted by atomic mass is 32.2. The van der Waals surface area contributed by atoms with E-state index in [1.165, 1.54) is 28.8 Å². The summed E-state index contributed by atoms with van der Waals surface area (Å²) in [5.74, 6) is 0.459. The normalized spacial score (nSPS) is 15.6. The molecule has 1 aromatic rings. The minimum absolute atomic E-state index is 0.0386. The van der Waals surface area contributed by atoms with Crippen LogP contribution >= 0.6 is 11.8 Å². The standard InChI is InChI=1S/C15H21N3O4S2/c1-15(2,3)17-24(21,22)12-6-4-5-11(7-12)16-13(19)8-18-10-23-9-14(18)20/h4-7,17H,8-10H2,1-3H3,(H,16,19). The number of sulfonamides is 1. The van der Waals surface area contributed by atoms with Crippen molar-refractivity contribution in [3.63, 3.8) is 0 Å². The van der Waals surface area contributed by atoms with Gasteiger partial charge < -0.3 is 10.2 Å². The van der Waals surface area contributed by atoms with E-state index >= 15 is 0 Å². The van der Waals surface area contributed by atoms with Crippen LogP contribution in [0.5, 0.6) is 0 Å². The maximum absolute atomic E-state index is 12.3. The summed E-state index contributed by atoms with van der Waals surface area (Å²) in [6.45, 7) is 5.22. The average Bonchev–Trinajstić information content (AvgIpc) is 2.82. The molecule has 24 heavy (non-hydrogen) atoms. The fourth-order valence-corrected chi connectivity index (χ4v) is 4.49. The van der Waals surface area contributed by atoms with Gasteiger partial charge in [-0.25, -0.2) is 13.1 Å². The zero-order chi connectivity index (χ0) is 18.0. The minimum atomic E-state index is -3.68. The van der Waals surface area contributed by atoms with Crippen LogP contribution < -0.4 is 10.0 Å². The van der Waals surface area contributed by atoms with Crippen molar-refractivity contribution in [2.45, 2.75) is 31.2 Å². The Morgan fingerprint density at radius 1 is 1.33 bits per heavy atom. The number of nitrogens with zero attached hydrogens (tertiary/aromatic N) is 1. The van der Waals surface area contributed by atoms with Crippen LogP contribution in [-0.2, 0) is 19.6 Å². The predicted molar refractivity (Wildman–Crippen MR) is 94.2 cm³/mol. The lowest BCUT2D eigenvalue weighted by Crippen LogP contribution is -2.40. The first-order chi connectivity index (χ1) is 11.1. The Labute approximate surface area is 146 Å². The molecule has 0 aliphatic carbocycles. The molecule has 2 amide bonds. The van der Waals surface area contributed by atoms with Gasteiger partial charge in [0.1, 0.15) is 6.54 Å². The van der Waals surface area contributed by atoms with E-state index < -0.39 is 15.6 Å². The van der Waals surface area contributed by atoms with Gasteiger partial charge in [-0.15, -0.1) is 11.8 Å². The Hall–Kier alpha value is -1.58. The first-order valence-corrected chi connectivity index (χ1v) is 10.00. The van der Waals surface area contributed by atoms with Crippen molar-refractivity contribution in [1.82, 2.24) is 9.62 Å². The summed E-state index contributed by atoms with van der Waals surface area (Å²) in [6, 6.07) is 6.02. The van der Waals surface area contributed by atoms with Gasteiger partial charge in [-0.05, 0) is 39.0 Å². The lowest BCUT2D eigenvalue weighted by molar-refractivity contribution is -0.130. The second-order valence-electron chi connectivity index (χ2n) is 6.50. The number of carbonyl (C=O) groups excluding carboxylic acids is 2. The summed E-state index contributed by atoms with van der Waals surface area (Å²) in [7, 11) is -3.68. The number of carbonyl (C=O) groups is 2. The van der Waals surface area contributed by atoms with Crippen LogP contribution in [0.25, 0.3) is 0 Å². The van der Waals surface area contributed by atoms with E-state index in [0.717, 1.165) is 0 Å². The van der Waals surface area contributed by atoms with Gasteiger partial charge >= 0.3 is 0 Å². The topological polar surface area (TPSA) is 95.6 Å². The third-order valence-corrected chi connectivity index (χ3v) is 5.73. The third kappa shape index (κ3) is 5.22. The molecule has 0 radical (unpaired) electrons. The molecule has 7 nitrogen and oxygen atoms in total. The second kappa shape index (κ2) is 7.12. The molecular formula is C15H21N3O4S2. The second-order valence-corrected chi connectivity index (χ2v) is 9.14. The van der Waals surface area contributed by atoms with Crippen LogP contribution in [0.1, 0.15) is 20.8 Å². The third-order valence-electron chi connectivity index (χ3n) is 3.03. The van der Waals surface area contributed by atoms with E-state index in [2.05, 4.69) is 10.0 Å². The van der Waals surface area contributed by atoms with Gasteiger partial charge in [-0.1, -0.05) is 6.07 Å². The Bertz CT molecular complexity index is 741. The molecular weight excluding hydrogens is 350 g/mol. The lowest BCUT2D eigenvalue weighted by Gasteiger charge is -2.20. The molecule has 1 aromatic carbocycles. The fourth-order valence-electron chi connectivity index (χ4n) is 2.12. The molecule has 1 heterocycles. The Morgan fingerprint density at radius 3 is 2.62 bits per heavy atom. The first kappa shape index (κ1) is 18.8. The van der Waals surface area contributed by atoms with Crippen molar-refractivity contribution >= 4 is 39.3 Å². The van der Waals surface area contributed by atoms with E-state index in [0.29, 0.717) is 17.3 Å². The van der Waals surface area contributed by atoms with E-state index in [1.54, 1.807) is 32.9 Å². The fraction of sp³-hybridized carbons (Fsp3) is 0.467. The number of benzene rings is 1. The number of amides is 2. The molecule has 1 fully saturated rings. The molecule has 0 spiro atoms. The Morgan fingerprint density at radius 2 is 2.04 bits per heavy atom. The van der Waals surface area contributed by atoms with E-state index in [1.807, 2.05) is 0 Å². The van der Waals surface area contributed by atoms with Crippen LogP contribution in [0.15, 0.2) is 29.2 Å². The summed E-state index contributed by atoms with van der Waals surface area (Å²) in [5, 5.41) is 2.63. The van der Waals surface area contributed by atoms with Crippen molar-refractivity contribution in [2.24, 2.45) is 0 Å². The number of anilines is 1. The smallest absolute Gasteiger partial charge is 0.244 e. The molecule has 2 N–H and O–H groups in total. The molecule has 1 saturated heterocycles. The largest absolute Gasteiger partial charge is 0.325 e. The van der Waals surface area contributed by atoms with Crippen LogP contribution in [-0.4, -0.2) is 48.8 Å². The molecule has 0 atom stereocenters. The minimum Gasteiger partial charge on any atom is -0.325 e. The number of thioether (sulfide) groups is 1. The highest BCUT2D eigenvalue weighted by Gasteiger charge is 2.24. The van der Waals surface area contributed by atoms with Crippen molar-refractivity contribution in [3.05, 3.63) is 24.3 Å². The molecule has 1 aliphatic rings. The van der Waals surface area contributed by atoms with Crippen molar-refractivity contribution in [3.8, 4) is 0 Å². The van der Waals surface area contributed by atoms with Gasteiger partial charge in [0, 0.05) is 11.2 Å². The molecule has 132 valence electrons. The van der Waals surface area contributed by atoms with Crippen molar-refractivity contribution < 1.29 is 18.0 Å². The Balaban J connectivity index is 2.07. The molecule has 0 unspecified atom stereocenters. The quantitative estimate of drug-likeness (QED) is 0.812. The maximum Gasteiger partial charge on any atom is 0.244 e. The summed E-state index contributed by atoms with van der Waals surface area (Å²) in [5.41, 5.74) is -0.234. The van der Waals surface area contributed by atoms with Gasteiger partial charge in [-0.3, -0.25) is 9.59 Å². The monoisotopic (exact) mass is 371 g/mol. The SMILES string of the molecule is CC(C)(C)NS(=O)(=O)c1cccc(NC(=O)CN2CSCC2=O)c1. The predicted octanol–water partition coefficient (Wildman–Crippen LogP) is 1.23. The zero-order valence-electron chi connectivity index (χ0n) is 13.8. The van der Waals surface area contributed by atoms with Gasteiger partial charge in [0.05, 0.1) is 16.5 Å². The molecule has 0 aromatic heterocycles. The van der Waals surface area contributed by atoms with Crippen LogP contribution in [0, 0.1) is 0 Å². The zero-order valence-corrected chi connectivity index (χ0v) is 15.5. The van der Waals surface area contributed by atoms with Gasteiger partial charge in [0.25, 0.3) is 0 Å². The van der Waals surface area contributed by atoms with Gasteiger partial charge in [-0.2, -0.15) is 0 Å². The van der Waals surface area contributed by atoms with Crippen LogP contribution in [0.4, 0.5) is 5.69 Å². The van der Waals surface area contributed by atoms with Gasteiger partial charge in [0.15, 0.2) is 0 Å². The number of rotatable bonds is 5. The highest BCUT2D eigenvalue weighted by Crippen LogP contribution is 2.18. The summed E-state index contributed by atoms with van der Waals surface area (Å²) in [4.78, 5) is 25.1. The summed E-state index contributed by atoms with van der Waals surface area (Å²) >= 11 is 1.46. The van der Waals surface area contributed by atoms with Crippen molar-refractivity contribution in [2.75, 3.05) is 23.5 Å². The van der Waals surface area contributed by atoms with E-state index in [9.17, 15) is 18.0 Å². The van der Waals surface area contributed by atoms with Crippen LogP contribution in [0.3, 0.4) is 0 Å². The summed E-state index contributed by atoms with van der Waals surface area (Å²) in [6.07, 6.45) is 0. The molecule has 0 saturated carbocycles. The maximum atomic E-state index is 12.3. The average molecular weight is 371 g/mol. The Kier molecular flexibility index (Phi) is 5.56. The van der Waals surface area contributed by atoms with Gasteiger partial charge in [0.2, 0.25) is 21.8 Å².